The van der Waals surface area contributed by atoms with Crippen molar-refractivity contribution in [3.63, 3.8) is 0 Å². The first-order valence-electron chi connectivity index (χ1n) is 31.5. The molecule has 0 aromatic carbocycles. The molecule has 11 atom stereocenters. The number of carbonyl (C=O) groups is 1. The summed E-state index contributed by atoms with van der Waals surface area (Å²) >= 11 is 0. The molecule has 0 bridgehead atoms. The average Bonchev–Trinajstić information content (AvgIpc) is 3.46. The zero-order chi connectivity index (χ0) is 57.2. The number of hydrogen-bond donors (Lipinski definition) is 7. The molecule has 2 fully saturated rings. The van der Waals surface area contributed by atoms with Gasteiger partial charge in [-0.15, -0.1) is 0 Å². The van der Waals surface area contributed by atoms with E-state index in [0.29, 0.717) is 13.0 Å². The molecule has 7 N–H and O–H groups in total. The van der Waals surface area contributed by atoms with Crippen molar-refractivity contribution >= 4 is 5.97 Å². The molecule has 2 heterocycles. The largest absolute Gasteiger partial charge is 0.457 e. The molecule has 14 heteroatoms. The minimum atomic E-state index is -1.71. The third kappa shape index (κ3) is 37.3. The molecular formula is C65H114O14. The van der Waals surface area contributed by atoms with Gasteiger partial charge in [-0.1, -0.05) is 215 Å². The van der Waals surface area contributed by atoms with Crippen molar-refractivity contribution in [1.82, 2.24) is 0 Å². The Kier molecular flexibility index (Phi) is 46.9. The number of hydrogen-bond acceptors (Lipinski definition) is 14. The van der Waals surface area contributed by atoms with Crippen LogP contribution in [0.25, 0.3) is 0 Å². The standard InChI is InChI=1S/C65H114O14/c1-3-5-7-9-11-13-15-17-19-21-23-25-27-28-30-32-34-36-38-40-42-44-46-48-57(67)77-54(51-74-49-47-45-43-41-39-37-35-33-31-29-26-24-22-20-18-16-14-12-10-8-6-4-2)52-75-64-63(73)61(71)59(69)56(79-64)53-76-65-62(72)60(70)58(68)55(50-66)78-65/h5,7,11,13,16-19,22-25,54-56,58-66,68-73H,3-4,6,8-10,12,14-15,20-21,26-53H2,1-2H3/b7-5-,13-11-,18-16-,19-17-,24-22-,25-23-. The predicted molar refractivity (Wildman–Crippen MR) is 316 cm³/mol. The number of aliphatic hydroxyl groups is 7. The lowest BCUT2D eigenvalue weighted by Gasteiger charge is -2.42. The molecule has 79 heavy (non-hydrogen) atoms. The molecule has 2 aliphatic rings. The van der Waals surface area contributed by atoms with Gasteiger partial charge in [-0.25, -0.2) is 0 Å². The van der Waals surface area contributed by atoms with Gasteiger partial charge < -0.3 is 64.2 Å². The summed E-state index contributed by atoms with van der Waals surface area (Å²) in [6, 6.07) is 0. The normalized spacial score (nSPS) is 24.5. The quantitative estimate of drug-likeness (QED) is 0.0172. The molecule has 0 aromatic heterocycles. The Hall–Kier alpha value is -2.57. The van der Waals surface area contributed by atoms with Gasteiger partial charge in [0.1, 0.15) is 54.9 Å². The molecule has 0 spiro atoms. The summed E-state index contributed by atoms with van der Waals surface area (Å²) < 4.78 is 34.5. The Morgan fingerprint density at radius 1 is 0.430 bits per heavy atom. The third-order valence-corrected chi connectivity index (χ3v) is 14.7. The zero-order valence-corrected chi connectivity index (χ0v) is 49.3. The molecule has 0 aromatic rings. The Morgan fingerprint density at radius 3 is 1.29 bits per heavy atom. The topological polar surface area (TPSA) is 214 Å². The minimum absolute atomic E-state index is 0.0555. The molecular weight excluding hydrogens is 1000 g/mol. The monoisotopic (exact) mass is 1120 g/mol. The van der Waals surface area contributed by atoms with Gasteiger partial charge in [0, 0.05) is 13.0 Å². The highest BCUT2D eigenvalue weighted by Crippen LogP contribution is 2.27. The van der Waals surface area contributed by atoms with Gasteiger partial charge in [0.25, 0.3) is 0 Å². The van der Waals surface area contributed by atoms with Gasteiger partial charge in [0.15, 0.2) is 12.6 Å². The summed E-state index contributed by atoms with van der Waals surface area (Å²) in [5.41, 5.74) is 0. The fourth-order valence-electron chi connectivity index (χ4n) is 9.66. The fourth-order valence-corrected chi connectivity index (χ4v) is 9.66. The van der Waals surface area contributed by atoms with Crippen LogP contribution in [0.3, 0.4) is 0 Å². The van der Waals surface area contributed by atoms with Crippen LogP contribution in [0.15, 0.2) is 72.9 Å². The minimum Gasteiger partial charge on any atom is -0.457 e. The highest BCUT2D eigenvalue weighted by molar-refractivity contribution is 5.69. The Bertz CT molecular complexity index is 1580. The molecule has 0 radical (unpaired) electrons. The van der Waals surface area contributed by atoms with Crippen LogP contribution in [0.4, 0.5) is 0 Å². The average molecular weight is 1120 g/mol. The van der Waals surface area contributed by atoms with Crippen LogP contribution in [-0.4, -0.2) is 142 Å². The SMILES string of the molecule is CC/C=C\C/C=C\C/C=C\C/C=C\CCCCCCCCCCCCC(=O)OC(COCCCCCCCCCCCC/C=C\C/C=C\CCCCCCC)COC1OC(COC2OC(CO)C(O)C(O)C2O)C(O)C(O)C1O. The first kappa shape index (κ1) is 72.5. The molecule has 2 rings (SSSR count). The summed E-state index contributed by atoms with van der Waals surface area (Å²) in [4.78, 5) is 13.1. The number of esters is 1. The summed E-state index contributed by atoms with van der Waals surface area (Å²) in [5.74, 6) is -0.382. The zero-order valence-electron chi connectivity index (χ0n) is 49.3. The lowest BCUT2D eigenvalue weighted by atomic mass is 9.98. The van der Waals surface area contributed by atoms with Crippen LogP contribution in [-0.2, 0) is 33.2 Å². The first-order valence-corrected chi connectivity index (χ1v) is 31.5. The first-order chi connectivity index (χ1) is 38.6. The molecule has 2 saturated heterocycles. The molecule has 2 aliphatic heterocycles. The van der Waals surface area contributed by atoms with E-state index in [9.17, 15) is 40.5 Å². The number of rotatable bonds is 51. The number of aliphatic hydroxyl groups excluding tert-OH is 7. The van der Waals surface area contributed by atoms with E-state index in [2.05, 4.69) is 86.8 Å². The van der Waals surface area contributed by atoms with E-state index in [1.165, 1.54) is 128 Å². The van der Waals surface area contributed by atoms with E-state index in [0.717, 1.165) is 77.0 Å². The Morgan fingerprint density at radius 2 is 0.823 bits per heavy atom. The fraction of sp³-hybridized carbons (Fsp3) is 0.800. The summed E-state index contributed by atoms with van der Waals surface area (Å²) in [6.07, 6.45) is 49.6. The molecule has 14 nitrogen and oxygen atoms in total. The van der Waals surface area contributed by atoms with Crippen LogP contribution >= 0.6 is 0 Å². The molecule has 0 amide bonds. The van der Waals surface area contributed by atoms with E-state index >= 15 is 0 Å². The predicted octanol–water partition coefficient (Wildman–Crippen LogP) is 12.2. The van der Waals surface area contributed by atoms with Crippen molar-refractivity contribution in [2.75, 3.05) is 33.0 Å². The van der Waals surface area contributed by atoms with Crippen LogP contribution in [0.1, 0.15) is 232 Å². The van der Waals surface area contributed by atoms with Crippen molar-refractivity contribution in [3.8, 4) is 0 Å². The van der Waals surface area contributed by atoms with E-state index in [-0.39, 0.29) is 25.6 Å². The van der Waals surface area contributed by atoms with Crippen molar-refractivity contribution in [1.29, 1.82) is 0 Å². The number of unbranched alkanes of at least 4 members (excludes halogenated alkanes) is 25. The van der Waals surface area contributed by atoms with Crippen molar-refractivity contribution in [3.05, 3.63) is 72.9 Å². The molecule has 0 aliphatic carbocycles. The highest BCUT2D eigenvalue weighted by Gasteiger charge is 2.47. The van der Waals surface area contributed by atoms with Crippen LogP contribution in [0.2, 0.25) is 0 Å². The second-order valence-electron chi connectivity index (χ2n) is 21.8. The lowest BCUT2D eigenvalue weighted by Crippen LogP contribution is -2.61. The van der Waals surface area contributed by atoms with Gasteiger partial charge in [0.05, 0.1) is 26.4 Å². The van der Waals surface area contributed by atoms with Gasteiger partial charge >= 0.3 is 5.97 Å². The summed E-state index contributed by atoms with van der Waals surface area (Å²) in [7, 11) is 0. The second kappa shape index (κ2) is 51.1. The van der Waals surface area contributed by atoms with E-state index in [1.807, 2.05) is 0 Å². The van der Waals surface area contributed by atoms with Crippen LogP contribution < -0.4 is 0 Å². The number of carbonyl (C=O) groups excluding carboxylic acids is 1. The van der Waals surface area contributed by atoms with Crippen molar-refractivity contribution < 1.29 is 69.0 Å². The van der Waals surface area contributed by atoms with Crippen molar-refractivity contribution in [2.24, 2.45) is 0 Å². The third-order valence-electron chi connectivity index (χ3n) is 14.7. The van der Waals surface area contributed by atoms with E-state index < -0.39 is 80.7 Å². The lowest BCUT2D eigenvalue weighted by molar-refractivity contribution is -0.332. The van der Waals surface area contributed by atoms with E-state index in [1.54, 1.807) is 0 Å². The Labute approximate surface area is 478 Å². The highest BCUT2D eigenvalue weighted by atomic mass is 16.7. The number of allylic oxidation sites excluding steroid dienone is 12. The second-order valence-corrected chi connectivity index (χ2v) is 21.8. The Balaban J connectivity index is 1.69. The maximum absolute atomic E-state index is 13.1. The maximum atomic E-state index is 13.1. The molecule has 11 unspecified atom stereocenters. The molecule has 0 saturated carbocycles. The summed E-state index contributed by atoms with van der Waals surface area (Å²) in [6.45, 7) is 3.58. The smallest absolute Gasteiger partial charge is 0.306 e. The van der Waals surface area contributed by atoms with Gasteiger partial charge in [0.2, 0.25) is 0 Å². The van der Waals surface area contributed by atoms with Gasteiger partial charge in [-0.2, -0.15) is 0 Å². The maximum Gasteiger partial charge on any atom is 0.306 e. The summed E-state index contributed by atoms with van der Waals surface area (Å²) in [5, 5.41) is 72.5. The van der Waals surface area contributed by atoms with Crippen LogP contribution in [0.5, 0.6) is 0 Å². The van der Waals surface area contributed by atoms with Gasteiger partial charge in [-0.3, -0.25) is 4.79 Å². The van der Waals surface area contributed by atoms with Crippen molar-refractivity contribution in [2.45, 2.75) is 300 Å². The van der Waals surface area contributed by atoms with E-state index in [4.69, 9.17) is 28.4 Å². The van der Waals surface area contributed by atoms with Crippen LogP contribution in [0, 0.1) is 0 Å². The number of ether oxygens (including phenoxy) is 6. The van der Waals surface area contributed by atoms with Gasteiger partial charge in [-0.05, 0) is 83.5 Å². The molecule has 458 valence electrons.